The van der Waals surface area contributed by atoms with E-state index in [2.05, 4.69) is 15.3 Å². The number of nitrogens with zero attached hydrogens (tertiary/aromatic N) is 3. The van der Waals surface area contributed by atoms with Crippen LogP contribution >= 0.6 is 23.2 Å². The third kappa shape index (κ3) is 4.24. The zero-order chi connectivity index (χ0) is 22.2. The Morgan fingerprint density at radius 3 is 2.30 bits per heavy atom. The van der Waals surface area contributed by atoms with Gasteiger partial charge in [-0.1, -0.05) is 44.0 Å². The molecule has 2 heterocycles. The lowest BCUT2D eigenvalue weighted by molar-refractivity contribution is 0.448. The zero-order valence-electron chi connectivity index (χ0n) is 16.2. The lowest BCUT2D eigenvalue weighted by Crippen LogP contribution is -2.33. The highest BCUT2D eigenvalue weighted by atomic mass is 35.5. The number of halogens is 2. The van der Waals surface area contributed by atoms with E-state index >= 15 is 0 Å². The summed E-state index contributed by atoms with van der Waals surface area (Å²) >= 11 is 12.6. The van der Waals surface area contributed by atoms with Gasteiger partial charge in [0.1, 0.15) is 0 Å². The molecule has 30 heavy (non-hydrogen) atoms. The fraction of sp³-hybridized carbons (Fsp3) is 0.278. The molecule has 0 aliphatic heterocycles. The summed E-state index contributed by atoms with van der Waals surface area (Å²) in [6.45, 7) is 5.92. The number of hydrogen-bond donors (Lipinski definition) is 3. The summed E-state index contributed by atoms with van der Waals surface area (Å²) in [5, 5.41) is 10.1. The van der Waals surface area contributed by atoms with E-state index in [0.29, 0.717) is 5.56 Å². The van der Waals surface area contributed by atoms with E-state index in [0.717, 1.165) is 4.68 Å². The minimum Gasteiger partial charge on any atom is -0.434 e. The van der Waals surface area contributed by atoms with Crippen molar-refractivity contribution in [3.63, 3.8) is 0 Å². The number of aromatic amines is 2. The summed E-state index contributed by atoms with van der Waals surface area (Å²) in [6, 6.07) is 4.25. The number of nitrogen functional groups attached to an aromatic ring is 1. The van der Waals surface area contributed by atoms with Crippen LogP contribution < -0.4 is 27.3 Å². The molecule has 0 spiro atoms. The van der Waals surface area contributed by atoms with Gasteiger partial charge in [0.2, 0.25) is 11.7 Å². The summed E-state index contributed by atoms with van der Waals surface area (Å²) in [5.41, 5.74) is 4.21. The Labute approximate surface area is 179 Å². The first kappa shape index (κ1) is 21.6. The lowest BCUT2D eigenvalue weighted by atomic mass is 9.91. The normalized spacial score (nSPS) is 12.2. The van der Waals surface area contributed by atoms with Crippen LogP contribution in [0.2, 0.25) is 10.0 Å². The Bertz CT molecular complexity index is 1260. The minimum absolute atomic E-state index is 0.0314. The van der Waals surface area contributed by atoms with Crippen molar-refractivity contribution >= 4 is 29.0 Å². The SMILES string of the molecule is CC(C)[C@@H](C)c1cc(Oc2c(Cl)cc(-n3nc(N)c(=O)[nH]c3=O)cc2Cl)n[nH]c1=O. The van der Waals surface area contributed by atoms with Gasteiger partial charge in [0.15, 0.2) is 5.75 Å². The Kier molecular flexibility index (Phi) is 5.99. The number of H-pyrrole nitrogens is 2. The molecule has 10 nitrogen and oxygen atoms in total. The van der Waals surface area contributed by atoms with E-state index in [1.54, 1.807) is 0 Å². The maximum Gasteiger partial charge on any atom is 0.349 e. The molecular weight excluding hydrogens is 435 g/mol. The average molecular weight is 453 g/mol. The largest absolute Gasteiger partial charge is 0.434 e. The number of ether oxygens (including phenoxy) is 1. The van der Waals surface area contributed by atoms with Crippen LogP contribution in [0.15, 0.2) is 32.6 Å². The van der Waals surface area contributed by atoms with Crippen molar-refractivity contribution in [2.45, 2.75) is 26.7 Å². The maximum absolute atomic E-state index is 12.1. The minimum atomic E-state index is -0.815. The van der Waals surface area contributed by atoms with Gasteiger partial charge in [0.25, 0.3) is 11.1 Å². The number of rotatable bonds is 5. The van der Waals surface area contributed by atoms with Crippen molar-refractivity contribution in [1.29, 1.82) is 0 Å². The molecule has 0 radical (unpaired) electrons. The van der Waals surface area contributed by atoms with Gasteiger partial charge in [-0.3, -0.25) is 14.6 Å². The first-order valence-electron chi connectivity index (χ1n) is 8.84. The predicted octanol–water partition coefficient (Wildman–Crippen LogP) is 2.44. The highest BCUT2D eigenvalue weighted by Gasteiger charge is 2.18. The molecule has 0 saturated heterocycles. The van der Waals surface area contributed by atoms with Gasteiger partial charge < -0.3 is 10.5 Å². The second kappa shape index (κ2) is 8.33. The number of benzene rings is 1. The number of nitrogens with two attached hydrogens (primary N) is 1. The first-order valence-corrected chi connectivity index (χ1v) is 9.60. The van der Waals surface area contributed by atoms with Crippen molar-refractivity contribution in [2.24, 2.45) is 5.92 Å². The molecule has 2 aromatic heterocycles. The van der Waals surface area contributed by atoms with E-state index < -0.39 is 17.1 Å². The summed E-state index contributed by atoms with van der Waals surface area (Å²) in [6.07, 6.45) is 0. The van der Waals surface area contributed by atoms with Crippen LogP contribution in [0, 0.1) is 5.92 Å². The van der Waals surface area contributed by atoms with Crippen LogP contribution in [0.4, 0.5) is 5.82 Å². The maximum atomic E-state index is 12.1. The fourth-order valence-corrected chi connectivity index (χ4v) is 3.16. The molecule has 0 fully saturated rings. The highest BCUT2D eigenvalue weighted by Crippen LogP contribution is 2.37. The van der Waals surface area contributed by atoms with E-state index in [9.17, 15) is 14.4 Å². The molecule has 4 N–H and O–H groups in total. The molecule has 3 aromatic rings. The number of hydrogen-bond acceptors (Lipinski definition) is 7. The van der Waals surface area contributed by atoms with Crippen LogP contribution in [0.1, 0.15) is 32.3 Å². The predicted molar refractivity (Wildman–Crippen MR) is 113 cm³/mol. The average Bonchev–Trinajstić information content (AvgIpc) is 2.68. The van der Waals surface area contributed by atoms with Crippen molar-refractivity contribution in [3.8, 4) is 17.3 Å². The van der Waals surface area contributed by atoms with Gasteiger partial charge in [-0.05, 0) is 24.0 Å². The smallest absolute Gasteiger partial charge is 0.349 e. The molecule has 0 aliphatic carbocycles. The van der Waals surface area contributed by atoms with E-state index in [4.69, 9.17) is 33.7 Å². The Balaban J connectivity index is 2.01. The van der Waals surface area contributed by atoms with Crippen molar-refractivity contribution in [3.05, 3.63) is 65.0 Å². The van der Waals surface area contributed by atoms with Gasteiger partial charge in [-0.15, -0.1) is 10.2 Å². The lowest BCUT2D eigenvalue weighted by Gasteiger charge is -2.16. The monoisotopic (exact) mass is 452 g/mol. The summed E-state index contributed by atoms with van der Waals surface area (Å²) in [4.78, 5) is 37.5. The molecule has 1 atom stereocenters. The second-order valence-electron chi connectivity index (χ2n) is 6.92. The van der Waals surface area contributed by atoms with Gasteiger partial charge >= 0.3 is 5.69 Å². The highest BCUT2D eigenvalue weighted by molar-refractivity contribution is 6.37. The van der Waals surface area contributed by atoms with Crippen LogP contribution in [0.3, 0.4) is 0 Å². The quantitative estimate of drug-likeness (QED) is 0.537. The molecule has 0 bridgehead atoms. The molecule has 0 aliphatic rings. The molecule has 0 saturated carbocycles. The van der Waals surface area contributed by atoms with Gasteiger partial charge in [-0.2, -0.15) is 4.68 Å². The zero-order valence-corrected chi connectivity index (χ0v) is 17.7. The third-order valence-corrected chi connectivity index (χ3v) is 5.15. The number of nitrogens with one attached hydrogen (secondary N) is 2. The van der Waals surface area contributed by atoms with E-state index in [1.165, 1.54) is 18.2 Å². The topological polar surface area (TPSA) is 149 Å². The fourth-order valence-electron chi connectivity index (χ4n) is 2.61. The van der Waals surface area contributed by atoms with E-state index in [1.807, 2.05) is 25.8 Å². The molecule has 0 unspecified atom stereocenters. The standard InChI is InChI=1S/C18H18Cl2N6O4/c1-7(2)8(3)10-6-13(23-24-16(10)27)30-14-11(19)4-9(5-12(14)20)26-18(29)22-17(28)15(21)25-26/h4-8H,1-3H3,(H2,21,25)(H,24,27)(H,22,28,29)/t8-/m1/s1. The Morgan fingerprint density at radius 1 is 1.07 bits per heavy atom. The van der Waals surface area contributed by atoms with Crippen LogP contribution in [0.5, 0.6) is 11.6 Å². The first-order chi connectivity index (χ1) is 14.1. The van der Waals surface area contributed by atoms with Gasteiger partial charge in [0, 0.05) is 11.6 Å². The molecule has 1 aromatic carbocycles. The summed E-state index contributed by atoms with van der Waals surface area (Å²) in [7, 11) is 0. The van der Waals surface area contributed by atoms with Gasteiger partial charge in [0.05, 0.1) is 15.7 Å². The second-order valence-corrected chi connectivity index (χ2v) is 7.73. The van der Waals surface area contributed by atoms with E-state index in [-0.39, 0.29) is 44.8 Å². The Hall–Kier alpha value is -3.11. The summed E-state index contributed by atoms with van der Waals surface area (Å²) in [5.74, 6) is -0.0432. The molecule has 158 valence electrons. The summed E-state index contributed by atoms with van der Waals surface area (Å²) < 4.78 is 6.54. The van der Waals surface area contributed by atoms with Crippen molar-refractivity contribution in [1.82, 2.24) is 25.0 Å². The van der Waals surface area contributed by atoms with Crippen LogP contribution in [0.25, 0.3) is 5.69 Å². The van der Waals surface area contributed by atoms with Crippen LogP contribution in [-0.2, 0) is 0 Å². The van der Waals surface area contributed by atoms with Crippen molar-refractivity contribution in [2.75, 3.05) is 5.73 Å². The molecular formula is C18H18Cl2N6O4. The number of anilines is 1. The molecule has 3 rings (SSSR count). The van der Waals surface area contributed by atoms with Crippen molar-refractivity contribution < 1.29 is 4.74 Å². The molecule has 0 amide bonds. The molecule has 12 heteroatoms. The number of aromatic nitrogens is 5. The third-order valence-electron chi connectivity index (χ3n) is 4.59. The van der Waals surface area contributed by atoms with Crippen LogP contribution in [-0.4, -0.2) is 25.0 Å². The Morgan fingerprint density at radius 2 is 1.70 bits per heavy atom. The van der Waals surface area contributed by atoms with Gasteiger partial charge in [-0.25, -0.2) is 9.89 Å².